The molecule has 0 spiro atoms. The Morgan fingerprint density at radius 2 is 1.53 bits per heavy atom. The number of amides is 2. The van der Waals surface area contributed by atoms with E-state index in [-0.39, 0.29) is 11.8 Å². The molecule has 0 N–H and O–H groups in total. The molecule has 4 heteroatoms. The third kappa shape index (κ3) is 5.01. The van der Waals surface area contributed by atoms with Crippen LogP contribution in [0.2, 0.25) is 0 Å². The Bertz CT molecular complexity index is 1040. The Balaban J connectivity index is 1.58. The van der Waals surface area contributed by atoms with Gasteiger partial charge in [0.1, 0.15) is 5.82 Å². The Hall–Kier alpha value is -3.14. The smallest absolute Gasteiger partial charge is 0.324 e. The number of hydrogen-bond donors (Lipinski definition) is 0. The fourth-order valence-corrected chi connectivity index (χ4v) is 4.63. The fraction of sp³-hybridized carbons (Fsp3) is 0.321. The summed E-state index contributed by atoms with van der Waals surface area (Å²) in [5, 5.41) is 0. The predicted molar refractivity (Wildman–Crippen MR) is 129 cm³/mol. The van der Waals surface area contributed by atoms with Gasteiger partial charge in [-0.3, -0.25) is 4.90 Å². The average molecular weight is 431 g/mol. The summed E-state index contributed by atoms with van der Waals surface area (Å²) in [5.74, 6) is 0.332. The lowest BCUT2D eigenvalue weighted by atomic mass is 9.81. The summed E-state index contributed by atoms with van der Waals surface area (Å²) < 4.78 is 13.4. The van der Waals surface area contributed by atoms with Gasteiger partial charge in [-0.05, 0) is 65.3 Å². The van der Waals surface area contributed by atoms with Crippen LogP contribution in [-0.2, 0) is 6.54 Å². The average Bonchev–Trinajstić information content (AvgIpc) is 2.84. The molecule has 1 fully saturated rings. The van der Waals surface area contributed by atoms with Gasteiger partial charge in [-0.25, -0.2) is 9.18 Å². The standard InChI is InChI=1S/C28H31FN2O/c1-30(2)28(32)31(25-18-16-24(29)17-19-25)20-21-12-14-23(15-13-21)27-11-7-6-10-26(27)22-8-4-3-5-9-22/h6-7,10-19,22H,3-5,8-9,20H2,1-2H3. The molecular weight excluding hydrogens is 399 g/mol. The van der Waals surface area contributed by atoms with Gasteiger partial charge >= 0.3 is 6.03 Å². The van der Waals surface area contributed by atoms with Crippen molar-refractivity contribution in [2.75, 3.05) is 19.0 Å². The number of hydrogen-bond acceptors (Lipinski definition) is 1. The number of carbonyl (C=O) groups is 1. The van der Waals surface area contributed by atoms with Crippen LogP contribution in [0.5, 0.6) is 0 Å². The van der Waals surface area contributed by atoms with E-state index >= 15 is 0 Å². The highest BCUT2D eigenvalue weighted by Crippen LogP contribution is 2.38. The van der Waals surface area contributed by atoms with Crippen LogP contribution in [0.4, 0.5) is 14.9 Å². The third-order valence-electron chi connectivity index (χ3n) is 6.36. The minimum Gasteiger partial charge on any atom is -0.330 e. The highest BCUT2D eigenvalue weighted by molar-refractivity contribution is 5.91. The molecule has 0 heterocycles. The Morgan fingerprint density at radius 3 is 2.19 bits per heavy atom. The second-order valence-corrected chi connectivity index (χ2v) is 8.86. The largest absolute Gasteiger partial charge is 0.330 e. The van der Waals surface area contributed by atoms with Gasteiger partial charge in [-0.2, -0.15) is 0 Å². The van der Waals surface area contributed by atoms with Crippen molar-refractivity contribution >= 4 is 11.7 Å². The molecule has 4 rings (SSSR count). The molecule has 0 radical (unpaired) electrons. The van der Waals surface area contributed by atoms with Crippen LogP contribution >= 0.6 is 0 Å². The van der Waals surface area contributed by atoms with E-state index in [1.807, 2.05) is 0 Å². The molecule has 3 aromatic rings. The van der Waals surface area contributed by atoms with Crippen LogP contribution in [0.25, 0.3) is 11.1 Å². The van der Waals surface area contributed by atoms with E-state index in [0.29, 0.717) is 18.2 Å². The minimum absolute atomic E-state index is 0.136. The van der Waals surface area contributed by atoms with E-state index in [0.717, 1.165) is 5.56 Å². The quantitative estimate of drug-likeness (QED) is 0.419. The molecule has 0 aromatic heterocycles. The van der Waals surface area contributed by atoms with Gasteiger partial charge < -0.3 is 4.90 Å². The van der Waals surface area contributed by atoms with Crippen molar-refractivity contribution in [3.05, 3.63) is 89.7 Å². The van der Waals surface area contributed by atoms with Gasteiger partial charge in [0.2, 0.25) is 0 Å². The lowest BCUT2D eigenvalue weighted by molar-refractivity contribution is 0.223. The van der Waals surface area contributed by atoms with Crippen LogP contribution in [0, 0.1) is 5.82 Å². The van der Waals surface area contributed by atoms with Crippen molar-refractivity contribution in [2.24, 2.45) is 0 Å². The summed E-state index contributed by atoms with van der Waals surface area (Å²) in [5.41, 5.74) is 5.68. The van der Waals surface area contributed by atoms with Gasteiger partial charge in [-0.1, -0.05) is 67.8 Å². The van der Waals surface area contributed by atoms with Crippen LogP contribution in [0.15, 0.2) is 72.8 Å². The highest BCUT2D eigenvalue weighted by Gasteiger charge is 2.20. The molecule has 0 aliphatic heterocycles. The van der Waals surface area contributed by atoms with Gasteiger partial charge in [-0.15, -0.1) is 0 Å². The second-order valence-electron chi connectivity index (χ2n) is 8.86. The molecule has 1 saturated carbocycles. The maximum absolute atomic E-state index is 13.4. The molecule has 3 aromatic carbocycles. The molecule has 32 heavy (non-hydrogen) atoms. The zero-order chi connectivity index (χ0) is 22.5. The Morgan fingerprint density at radius 1 is 0.875 bits per heavy atom. The van der Waals surface area contributed by atoms with Crippen LogP contribution in [0.1, 0.15) is 49.1 Å². The van der Waals surface area contributed by atoms with E-state index in [4.69, 9.17) is 0 Å². The normalized spacial score (nSPS) is 14.2. The minimum atomic E-state index is -0.313. The van der Waals surface area contributed by atoms with Crippen LogP contribution in [-0.4, -0.2) is 25.0 Å². The summed E-state index contributed by atoms with van der Waals surface area (Å²) in [4.78, 5) is 16.0. The summed E-state index contributed by atoms with van der Waals surface area (Å²) in [6.45, 7) is 0.424. The van der Waals surface area contributed by atoms with Crippen molar-refractivity contribution in [3.63, 3.8) is 0 Å². The zero-order valence-corrected chi connectivity index (χ0v) is 18.9. The molecular formula is C28H31FN2O. The zero-order valence-electron chi connectivity index (χ0n) is 18.9. The first-order chi connectivity index (χ1) is 15.5. The molecule has 1 aliphatic rings. The lowest BCUT2D eigenvalue weighted by Gasteiger charge is -2.27. The maximum Gasteiger partial charge on any atom is 0.324 e. The number of halogens is 1. The van der Waals surface area contributed by atoms with Crippen molar-refractivity contribution in [1.29, 1.82) is 0 Å². The number of rotatable bonds is 5. The molecule has 2 amide bonds. The van der Waals surface area contributed by atoms with Crippen LogP contribution in [0.3, 0.4) is 0 Å². The number of carbonyl (C=O) groups excluding carboxylic acids is 1. The second kappa shape index (κ2) is 9.99. The fourth-order valence-electron chi connectivity index (χ4n) is 4.63. The number of nitrogens with zero attached hydrogens (tertiary/aromatic N) is 2. The van der Waals surface area contributed by atoms with E-state index < -0.39 is 0 Å². The van der Waals surface area contributed by atoms with Crippen LogP contribution < -0.4 is 4.90 Å². The number of anilines is 1. The van der Waals surface area contributed by atoms with E-state index in [2.05, 4.69) is 48.5 Å². The summed E-state index contributed by atoms with van der Waals surface area (Å²) in [6, 6.07) is 23.2. The number of urea groups is 1. The molecule has 0 unspecified atom stereocenters. The van der Waals surface area contributed by atoms with Gasteiger partial charge in [0.05, 0.1) is 6.54 Å². The predicted octanol–water partition coefficient (Wildman–Crippen LogP) is 7.23. The lowest BCUT2D eigenvalue weighted by Crippen LogP contribution is -2.38. The summed E-state index contributed by atoms with van der Waals surface area (Å²) in [7, 11) is 3.45. The van der Waals surface area contributed by atoms with Crippen molar-refractivity contribution in [2.45, 2.75) is 44.6 Å². The Labute approximate surface area is 190 Å². The van der Waals surface area contributed by atoms with Gasteiger partial charge in [0.25, 0.3) is 0 Å². The molecule has 3 nitrogen and oxygen atoms in total. The van der Waals surface area contributed by atoms with Crippen molar-refractivity contribution in [1.82, 2.24) is 4.90 Å². The topological polar surface area (TPSA) is 23.6 Å². The Kier molecular flexibility index (Phi) is 6.89. The van der Waals surface area contributed by atoms with E-state index in [1.54, 1.807) is 31.1 Å². The van der Waals surface area contributed by atoms with E-state index in [1.165, 1.54) is 65.8 Å². The SMILES string of the molecule is CN(C)C(=O)N(Cc1ccc(-c2ccccc2C2CCCCC2)cc1)c1ccc(F)cc1. The molecule has 166 valence electrons. The number of benzene rings is 3. The molecule has 1 aliphatic carbocycles. The van der Waals surface area contributed by atoms with Gasteiger partial charge in [0.15, 0.2) is 0 Å². The molecule has 0 bridgehead atoms. The third-order valence-corrected chi connectivity index (χ3v) is 6.36. The monoisotopic (exact) mass is 430 g/mol. The highest BCUT2D eigenvalue weighted by atomic mass is 19.1. The molecule has 0 atom stereocenters. The maximum atomic E-state index is 13.4. The van der Waals surface area contributed by atoms with Crippen molar-refractivity contribution in [3.8, 4) is 11.1 Å². The molecule has 0 saturated heterocycles. The summed E-state index contributed by atoms with van der Waals surface area (Å²) in [6.07, 6.45) is 6.53. The van der Waals surface area contributed by atoms with Crippen molar-refractivity contribution < 1.29 is 9.18 Å². The first-order valence-corrected chi connectivity index (χ1v) is 11.5. The first-order valence-electron chi connectivity index (χ1n) is 11.5. The first kappa shape index (κ1) is 22.1. The van der Waals surface area contributed by atoms with E-state index in [9.17, 15) is 9.18 Å². The van der Waals surface area contributed by atoms with Gasteiger partial charge in [0, 0.05) is 19.8 Å². The summed E-state index contributed by atoms with van der Waals surface area (Å²) >= 11 is 0.